The number of hydrogen-bond donors (Lipinski definition) is 0. The Morgan fingerprint density at radius 3 is 0.804 bits per heavy atom. The van der Waals surface area contributed by atoms with Crippen LogP contribution in [0.25, 0.3) is 65.3 Å². The van der Waals surface area contributed by atoms with Crippen LogP contribution in [0.3, 0.4) is 0 Å². The smallest absolute Gasteiger partial charge is 0.184 e. The van der Waals surface area contributed by atoms with Gasteiger partial charge in [0.1, 0.15) is 0 Å². The van der Waals surface area contributed by atoms with Crippen molar-refractivity contribution in [1.82, 2.24) is 0 Å². The van der Waals surface area contributed by atoms with E-state index in [0.717, 1.165) is 68.2 Å². The minimum absolute atomic E-state index is 0.137. The SMILES string of the molecule is CC1(C)c2ccccc2-c2cc3c(cc21)N(c1ccc2c(ccc4cc(N5c6ccccc6[Si](c6ccccc6)(c6ccccc6)c6ccccc65)ccc42)c1)c1ccccc1[Si]3(c1ccccc1)c1ccccc1.CC1(C)c2ccccc2-c2cc3c(cc21)N(c1ccc2cc4cc(N5c6ccccc6N(c6ccccc6)c6ccccc65)ccc4cc2c1)c1ccccc1N3c1ccccc1. The average molecular weight is 1800 g/mol. The van der Waals surface area contributed by atoms with Crippen molar-refractivity contribution in [3.63, 3.8) is 0 Å². The average Bonchev–Trinajstić information content (AvgIpc) is 0.947. The molecular formula is C130H94N6Si2. The Kier molecular flexibility index (Phi) is 18.3. The first-order chi connectivity index (χ1) is 68.0. The Hall–Kier alpha value is -16.9. The Morgan fingerprint density at radius 2 is 0.413 bits per heavy atom. The molecule has 0 radical (unpaired) electrons. The normalized spacial score (nSPS) is 14.7. The highest BCUT2D eigenvalue weighted by Crippen LogP contribution is 2.61. The van der Waals surface area contributed by atoms with E-state index in [4.69, 9.17) is 0 Å². The Labute approximate surface area is 807 Å². The summed E-state index contributed by atoms with van der Waals surface area (Å²) >= 11 is 0. The van der Waals surface area contributed by atoms with Crippen LogP contribution in [0, 0.1) is 0 Å². The van der Waals surface area contributed by atoms with Crippen LogP contribution in [-0.4, -0.2) is 16.1 Å². The van der Waals surface area contributed by atoms with E-state index in [0.29, 0.717) is 0 Å². The highest BCUT2D eigenvalue weighted by molar-refractivity contribution is 7.22. The number of benzene rings is 22. The van der Waals surface area contributed by atoms with E-state index in [2.05, 4.69) is 555 Å². The zero-order chi connectivity index (χ0) is 91.7. The maximum absolute atomic E-state index is 2.90. The second-order valence-electron chi connectivity index (χ2n) is 38.6. The van der Waals surface area contributed by atoms with Gasteiger partial charge in [-0.1, -0.05) is 367 Å². The summed E-state index contributed by atoms with van der Waals surface area (Å²) < 4.78 is 0. The van der Waals surface area contributed by atoms with Gasteiger partial charge >= 0.3 is 0 Å². The standard InChI is InChI=1S/C71H52N2Si2.C59H42N4/c1-71(2)61-32-16-15-31-59(61)60-47-70-66(48-62(60)71)73(65-35-19-22-38-69(65)75(70,55-27-11-5-12-28-55)56-29-13-6-14-30-56)52-42-44-58-50(46-52)40-39-49-45-51(41-43-57(49)58)72-63-33-17-20-36-67(63)74(53-23-7-3-8-24-53,54-25-9-4-10-26-54)68-37-21-18-34-64(68)72;1-59(2)49-22-10-9-21-47(49)48-37-57-58(38-50(48)59)63(56-28-16-13-25-53(56)61(57)44-19-7-4-8-20-44)46-32-30-40-33-41-35-45(31-29-39(41)34-42(40)36-46)62-54-26-14-11-23-51(54)60(43-17-5-3-6-18-43)52-24-12-15-27-55(52)62/h3-48H,1-2H3;3-38H,1-2H3. The van der Waals surface area contributed by atoms with Crippen LogP contribution in [0.15, 0.2) is 497 Å². The van der Waals surface area contributed by atoms with Gasteiger partial charge in [-0.3, -0.25) is 0 Å². The maximum atomic E-state index is 2.62. The second kappa shape index (κ2) is 31.4. The van der Waals surface area contributed by atoms with Crippen LogP contribution in [-0.2, 0) is 10.8 Å². The maximum Gasteiger partial charge on any atom is 0.184 e. The van der Waals surface area contributed by atoms with Crippen molar-refractivity contribution in [2.24, 2.45) is 0 Å². The van der Waals surface area contributed by atoms with Gasteiger partial charge in [-0.05, 0) is 287 Å². The Morgan fingerprint density at radius 1 is 0.152 bits per heavy atom. The van der Waals surface area contributed by atoms with E-state index >= 15 is 0 Å². The first-order valence-corrected chi connectivity index (χ1v) is 52.2. The molecule has 0 amide bonds. The van der Waals surface area contributed by atoms with Crippen molar-refractivity contribution in [2.45, 2.75) is 38.5 Å². The molecule has 0 saturated carbocycles. The van der Waals surface area contributed by atoms with Crippen molar-refractivity contribution < 1.29 is 0 Å². The lowest BCUT2D eigenvalue weighted by molar-refractivity contribution is 0.660. The summed E-state index contributed by atoms with van der Waals surface area (Å²) in [5, 5.41) is 21.0. The number of rotatable bonds is 10. The molecule has 0 atom stereocenters. The van der Waals surface area contributed by atoms with Crippen LogP contribution in [0.4, 0.5) is 102 Å². The highest BCUT2D eigenvalue weighted by atomic mass is 28.3. The molecule has 0 bridgehead atoms. The monoisotopic (exact) mass is 1790 g/mol. The molecule has 652 valence electrons. The largest absolute Gasteiger partial charge is 0.311 e. The lowest BCUT2D eigenvalue weighted by Crippen LogP contribution is -2.77. The van der Waals surface area contributed by atoms with E-state index < -0.39 is 16.1 Å². The van der Waals surface area contributed by atoms with Gasteiger partial charge in [-0.25, -0.2) is 0 Å². The summed E-state index contributed by atoms with van der Waals surface area (Å²) in [7, 11) is -5.62. The second-order valence-corrected chi connectivity index (χ2v) is 46.1. The third-order valence-corrected chi connectivity index (χ3v) is 40.4. The fraction of sp³-hybridized carbons (Fsp3) is 0.0462. The number of fused-ring (bicyclic) bond motifs is 19. The molecule has 0 fully saturated rings. The highest BCUT2D eigenvalue weighted by Gasteiger charge is 2.53. The topological polar surface area (TPSA) is 19.4 Å². The molecule has 4 heterocycles. The summed E-state index contributed by atoms with van der Waals surface area (Å²) in [5.74, 6) is 0. The fourth-order valence-electron chi connectivity index (χ4n) is 24.6. The summed E-state index contributed by atoms with van der Waals surface area (Å²) in [6.07, 6.45) is 0. The number of para-hydroxylation sites is 11. The van der Waals surface area contributed by atoms with Gasteiger partial charge < -0.3 is 29.4 Å². The van der Waals surface area contributed by atoms with Crippen LogP contribution >= 0.6 is 0 Å². The van der Waals surface area contributed by atoms with Crippen molar-refractivity contribution in [3.05, 3.63) is 520 Å². The molecular weight excluding hydrogens is 1700 g/mol. The molecule has 138 heavy (non-hydrogen) atoms. The van der Waals surface area contributed by atoms with Crippen LogP contribution in [0.5, 0.6) is 0 Å². The van der Waals surface area contributed by atoms with Crippen LogP contribution in [0.1, 0.15) is 49.9 Å². The van der Waals surface area contributed by atoms with Gasteiger partial charge in [0.25, 0.3) is 0 Å². The predicted octanol–water partition coefficient (Wildman–Crippen LogP) is 29.4. The van der Waals surface area contributed by atoms with Gasteiger partial charge in [0, 0.05) is 67.7 Å². The van der Waals surface area contributed by atoms with E-state index in [9.17, 15) is 0 Å². The lowest BCUT2D eigenvalue weighted by Gasteiger charge is -2.45. The van der Waals surface area contributed by atoms with E-state index in [1.165, 1.54) is 163 Å². The molecule has 6 aliphatic rings. The number of nitrogens with zero attached hydrogens (tertiary/aromatic N) is 6. The molecule has 4 aliphatic heterocycles. The molecule has 0 saturated heterocycles. The van der Waals surface area contributed by atoms with E-state index in [-0.39, 0.29) is 10.8 Å². The third-order valence-electron chi connectivity index (χ3n) is 30.7. The Balaban J connectivity index is 0.000000141. The first kappa shape index (κ1) is 80.7. The van der Waals surface area contributed by atoms with Gasteiger partial charge in [0.2, 0.25) is 0 Å². The molecule has 0 unspecified atom stereocenters. The predicted molar refractivity (Wildman–Crippen MR) is 588 cm³/mol. The minimum Gasteiger partial charge on any atom is -0.311 e. The van der Waals surface area contributed by atoms with E-state index in [1.807, 2.05) is 0 Å². The number of hydrogen-bond acceptors (Lipinski definition) is 6. The molecule has 2 aliphatic carbocycles. The fourth-order valence-corrected chi connectivity index (χ4v) is 34.8. The summed E-state index contributed by atoms with van der Waals surface area (Å²) in [6.45, 7) is 9.55. The van der Waals surface area contributed by atoms with Gasteiger partial charge in [-0.15, -0.1) is 0 Å². The van der Waals surface area contributed by atoms with Crippen molar-refractivity contribution in [1.29, 1.82) is 0 Å². The zero-order valence-corrected chi connectivity index (χ0v) is 79.0. The van der Waals surface area contributed by atoms with Crippen LogP contribution in [0.2, 0.25) is 0 Å². The van der Waals surface area contributed by atoms with Crippen molar-refractivity contribution >= 4 is 203 Å². The molecule has 22 aromatic rings. The molecule has 0 spiro atoms. The molecule has 0 N–H and O–H groups in total. The molecule has 8 heteroatoms. The van der Waals surface area contributed by atoms with E-state index in [1.54, 1.807) is 0 Å². The van der Waals surface area contributed by atoms with Gasteiger partial charge in [0.15, 0.2) is 16.1 Å². The van der Waals surface area contributed by atoms with Gasteiger partial charge in [0.05, 0.1) is 45.5 Å². The Bertz CT molecular complexity index is 8530. The summed E-state index contributed by atoms with van der Waals surface area (Å²) in [6, 6.07) is 187. The lowest BCUT2D eigenvalue weighted by atomic mass is 9.82. The molecule has 28 rings (SSSR count). The van der Waals surface area contributed by atoms with Crippen molar-refractivity contribution in [2.75, 3.05) is 29.4 Å². The summed E-state index contributed by atoms with van der Waals surface area (Å²) in [4.78, 5) is 14.8. The van der Waals surface area contributed by atoms with Crippen molar-refractivity contribution in [3.8, 4) is 22.3 Å². The molecule has 22 aromatic carbocycles. The van der Waals surface area contributed by atoms with Gasteiger partial charge in [-0.2, -0.15) is 0 Å². The minimum atomic E-state index is -2.90. The summed E-state index contributed by atoms with van der Waals surface area (Å²) in [5.41, 5.74) is 31.7. The number of anilines is 18. The van der Waals surface area contributed by atoms with Crippen LogP contribution < -0.4 is 70.9 Å². The molecule has 0 aromatic heterocycles. The third kappa shape index (κ3) is 12.0. The molecule has 6 nitrogen and oxygen atoms in total. The first-order valence-electron chi connectivity index (χ1n) is 48.2. The quantitative estimate of drug-likeness (QED) is 0.0767. The zero-order valence-electron chi connectivity index (χ0n) is 77.0.